The van der Waals surface area contributed by atoms with E-state index in [2.05, 4.69) is 15.8 Å². The number of rotatable bonds is 5. The quantitative estimate of drug-likeness (QED) is 0.518. The van der Waals surface area contributed by atoms with Gasteiger partial charge in [-0.15, -0.1) is 11.8 Å². The number of hydrogen-bond donors (Lipinski definition) is 2. The van der Waals surface area contributed by atoms with E-state index in [-0.39, 0.29) is 5.91 Å². The molecule has 0 radical (unpaired) electrons. The molecule has 0 saturated carbocycles. The number of anilines is 1. The van der Waals surface area contributed by atoms with Gasteiger partial charge in [0.15, 0.2) is 0 Å². The molecule has 1 amide bonds. The van der Waals surface area contributed by atoms with Gasteiger partial charge in [0.05, 0.1) is 21.0 Å². The van der Waals surface area contributed by atoms with Crippen LogP contribution in [0.15, 0.2) is 47.4 Å². The summed E-state index contributed by atoms with van der Waals surface area (Å²) in [7, 11) is 0. The van der Waals surface area contributed by atoms with Crippen LogP contribution in [0.2, 0.25) is 5.02 Å². The first-order chi connectivity index (χ1) is 11.1. The normalized spacial score (nSPS) is 10.7. The number of halogens is 1. The van der Waals surface area contributed by atoms with Crippen LogP contribution < -0.4 is 10.9 Å². The molecule has 0 atom stereocenters. The van der Waals surface area contributed by atoms with Gasteiger partial charge in [-0.2, -0.15) is 0 Å². The molecule has 3 rings (SSSR count). The summed E-state index contributed by atoms with van der Waals surface area (Å²) in [5, 5.41) is 1.29. The smallest absolute Gasteiger partial charge is 0.248 e. The number of carbonyl (C=O) groups is 1. The maximum atomic E-state index is 11.9. The number of thioether (sulfide) groups is 1. The number of nitrogens with one attached hydrogen (secondary N) is 2. The summed E-state index contributed by atoms with van der Waals surface area (Å²) in [5.41, 5.74) is 7.44. The van der Waals surface area contributed by atoms with Crippen LogP contribution in [0.25, 0.3) is 10.2 Å². The predicted molar refractivity (Wildman–Crippen MR) is 98.3 cm³/mol. The lowest BCUT2D eigenvalue weighted by molar-refractivity contribution is -0.118. The Kier molecular flexibility index (Phi) is 5.05. The maximum absolute atomic E-state index is 11.9. The summed E-state index contributed by atoms with van der Waals surface area (Å²) in [6.07, 6.45) is 0. The molecule has 0 spiro atoms. The van der Waals surface area contributed by atoms with Crippen LogP contribution >= 0.6 is 34.7 Å². The summed E-state index contributed by atoms with van der Waals surface area (Å²) < 4.78 is 0.919. The Morgan fingerprint density at radius 2 is 2.04 bits per heavy atom. The van der Waals surface area contributed by atoms with E-state index in [4.69, 9.17) is 11.6 Å². The van der Waals surface area contributed by atoms with Gasteiger partial charge in [0.1, 0.15) is 0 Å². The average molecular weight is 364 g/mol. The van der Waals surface area contributed by atoms with Gasteiger partial charge in [0.25, 0.3) is 0 Å². The first-order valence-corrected chi connectivity index (χ1v) is 9.10. The molecule has 2 aromatic carbocycles. The highest BCUT2D eigenvalue weighted by Gasteiger charge is 2.10. The average Bonchev–Trinajstić information content (AvgIpc) is 3.01. The summed E-state index contributed by atoms with van der Waals surface area (Å²) in [6.45, 7) is 1.98. The number of aromatic nitrogens is 1. The van der Waals surface area contributed by atoms with Crippen LogP contribution in [0.3, 0.4) is 0 Å². The Bertz CT molecular complexity index is 797. The van der Waals surface area contributed by atoms with Crippen LogP contribution in [0.4, 0.5) is 5.13 Å². The third-order valence-electron chi connectivity index (χ3n) is 3.12. The zero-order chi connectivity index (χ0) is 16.2. The third-order valence-corrected chi connectivity index (χ3v) is 5.56. The number of fused-ring (bicyclic) bond motifs is 1. The van der Waals surface area contributed by atoms with Crippen LogP contribution in [0.5, 0.6) is 0 Å². The molecule has 23 heavy (non-hydrogen) atoms. The van der Waals surface area contributed by atoms with Gasteiger partial charge in [-0.3, -0.25) is 15.6 Å². The molecule has 0 aliphatic heterocycles. The molecule has 3 aromatic rings. The summed E-state index contributed by atoms with van der Waals surface area (Å²) >= 11 is 9.08. The van der Waals surface area contributed by atoms with E-state index in [0.29, 0.717) is 15.9 Å². The number of aryl methyl sites for hydroxylation is 1. The van der Waals surface area contributed by atoms with Crippen molar-refractivity contribution < 1.29 is 4.79 Å². The minimum Gasteiger partial charge on any atom is -0.273 e. The molecule has 0 saturated heterocycles. The van der Waals surface area contributed by atoms with Gasteiger partial charge in [0, 0.05) is 4.90 Å². The lowest BCUT2D eigenvalue weighted by atomic mass is 10.2. The van der Waals surface area contributed by atoms with E-state index < -0.39 is 0 Å². The van der Waals surface area contributed by atoms with Crippen LogP contribution in [-0.4, -0.2) is 16.6 Å². The standard InChI is InChI=1S/C16H14ClN3OS2/c1-10-7-8-12(17)15-14(10)18-16(23-15)20-19-13(21)9-22-11-5-3-2-4-6-11/h2-8H,9H2,1H3,(H,18,20)(H,19,21). The molecule has 0 aliphatic carbocycles. The Morgan fingerprint density at radius 1 is 1.26 bits per heavy atom. The Labute approximate surface area is 147 Å². The minimum atomic E-state index is -0.110. The fourth-order valence-electron chi connectivity index (χ4n) is 1.98. The second kappa shape index (κ2) is 7.21. The first kappa shape index (κ1) is 16.1. The molecule has 2 N–H and O–H groups in total. The number of hydrazine groups is 1. The van der Waals surface area contributed by atoms with E-state index in [1.165, 1.54) is 23.1 Å². The zero-order valence-electron chi connectivity index (χ0n) is 12.3. The molecule has 0 unspecified atom stereocenters. The first-order valence-electron chi connectivity index (χ1n) is 6.92. The van der Waals surface area contributed by atoms with Gasteiger partial charge in [-0.1, -0.05) is 47.2 Å². The highest BCUT2D eigenvalue weighted by atomic mass is 35.5. The molecule has 4 nitrogen and oxygen atoms in total. The van der Waals surface area contributed by atoms with Crippen LogP contribution in [-0.2, 0) is 4.79 Å². The molecule has 118 valence electrons. The molecule has 1 heterocycles. The van der Waals surface area contributed by atoms with Gasteiger partial charge in [0.2, 0.25) is 11.0 Å². The highest BCUT2D eigenvalue weighted by molar-refractivity contribution is 8.00. The van der Waals surface area contributed by atoms with Crippen molar-refractivity contribution in [2.75, 3.05) is 11.2 Å². The second-order valence-electron chi connectivity index (χ2n) is 4.84. The summed E-state index contributed by atoms with van der Waals surface area (Å²) in [6, 6.07) is 13.6. The van der Waals surface area contributed by atoms with Crippen molar-refractivity contribution in [3.63, 3.8) is 0 Å². The number of carbonyl (C=O) groups excluding carboxylic acids is 1. The molecule has 7 heteroatoms. The van der Waals surface area contributed by atoms with Crippen molar-refractivity contribution in [2.45, 2.75) is 11.8 Å². The SMILES string of the molecule is Cc1ccc(Cl)c2sc(NNC(=O)CSc3ccccc3)nc12. The Hall–Kier alpha value is -1.76. The van der Waals surface area contributed by atoms with Crippen LogP contribution in [0, 0.1) is 6.92 Å². The number of thiazole rings is 1. The number of nitrogens with zero attached hydrogens (tertiary/aromatic N) is 1. The molecular weight excluding hydrogens is 350 g/mol. The lowest BCUT2D eigenvalue weighted by Gasteiger charge is -2.05. The molecule has 1 aromatic heterocycles. The van der Waals surface area contributed by atoms with E-state index in [1.54, 1.807) is 0 Å². The van der Waals surface area contributed by atoms with E-state index in [0.717, 1.165) is 20.7 Å². The van der Waals surface area contributed by atoms with Crippen molar-refractivity contribution in [3.05, 3.63) is 53.1 Å². The van der Waals surface area contributed by atoms with Crippen molar-refractivity contribution in [3.8, 4) is 0 Å². The summed E-state index contributed by atoms with van der Waals surface area (Å²) in [5.74, 6) is 0.225. The number of amides is 1. The van der Waals surface area contributed by atoms with Crippen molar-refractivity contribution in [1.29, 1.82) is 0 Å². The topological polar surface area (TPSA) is 54.0 Å². The number of benzene rings is 2. The van der Waals surface area contributed by atoms with Crippen molar-refractivity contribution >= 4 is 56.0 Å². The van der Waals surface area contributed by atoms with Crippen LogP contribution in [0.1, 0.15) is 5.56 Å². The predicted octanol–water partition coefficient (Wildman–Crippen LogP) is 4.49. The molecule has 0 bridgehead atoms. The summed E-state index contributed by atoms with van der Waals surface area (Å²) in [4.78, 5) is 17.4. The fraction of sp³-hybridized carbons (Fsp3) is 0.125. The lowest BCUT2D eigenvalue weighted by Crippen LogP contribution is -2.30. The third kappa shape index (κ3) is 3.96. The highest BCUT2D eigenvalue weighted by Crippen LogP contribution is 2.33. The van der Waals surface area contributed by atoms with Gasteiger partial charge in [-0.05, 0) is 30.7 Å². The zero-order valence-corrected chi connectivity index (χ0v) is 14.7. The van der Waals surface area contributed by atoms with Gasteiger partial charge >= 0.3 is 0 Å². The van der Waals surface area contributed by atoms with Gasteiger partial charge < -0.3 is 0 Å². The van der Waals surface area contributed by atoms with E-state index in [9.17, 15) is 4.79 Å². The van der Waals surface area contributed by atoms with Gasteiger partial charge in [-0.25, -0.2) is 4.98 Å². The number of hydrogen-bond acceptors (Lipinski definition) is 5. The molecule has 0 aliphatic rings. The van der Waals surface area contributed by atoms with E-state index in [1.807, 2.05) is 49.4 Å². The van der Waals surface area contributed by atoms with E-state index >= 15 is 0 Å². The van der Waals surface area contributed by atoms with Crippen molar-refractivity contribution in [1.82, 2.24) is 10.4 Å². The maximum Gasteiger partial charge on any atom is 0.248 e. The minimum absolute atomic E-state index is 0.110. The second-order valence-corrected chi connectivity index (χ2v) is 7.29. The monoisotopic (exact) mass is 363 g/mol. The fourth-order valence-corrected chi connectivity index (χ4v) is 3.87. The van der Waals surface area contributed by atoms with Crippen molar-refractivity contribution in [2.24, 2.45) is 0 Å². The molecular formula is C16H14ClN3OS2. The Morgan fingerprint density at radius 3 is 2.78 bits per heavy atom. The Balaban J connectivity index is 1.59. The molecule has 0 fully saturated rings. The largest absolute Gasteiger partial charge is 0.273 e.